The lowest BCUT2D eigenvalue weighted by Crippen LogP contribution is -2.29. The Kier molecular flexibility index (Phi) is 5.19. The zero-order valence-corrected chi connectivity index (χ0v) is 18.1. The van der Waals surface area contributed by atoms with Crippen LogP contribution in [-0.2, 0) is 4.79 Å². The number of hydrogen-bond donors (Lipinski definition) is 0. The van der Waals surface area contributed by atoms with E-state index in [0.717, 1.165) is 10.8 Å². The number of carbonyl (C=O) groups excluding carboxylic acids is 1. The van der Waals surface area contributed by atoms with Gasteiger partial charge in [0, 0.05) is 28.5 Å². The second-order valence-corrected chi connectivity index (χ2v) is 8.17. The van der Waals surface area contributed by atoms with Crippen molar-refractivity contribution in [1.82, 2.24) is 4.98 Å². The Morgan fingerprint density at radius 1 is 1.09 bits per heavy atom. The average Bonchev–Trinajstić information content (AvgIpc) is 3.42. The van der Waals surface area contributed by atoms with E-state index < -0.39 is 11.0 Å². The van der Waals surface area contributed by atoms with E-state index in [1.807, 2.05) is 42.5 Å². The second-order valence-electron chi connectivity index (χ2n) is 7.33. The summed E-state index contributed by atoms with van der Waals surface area (Å²) in [5.74, 6) is -0.351. The summed E-state index contributed by atoms with van der Waals surface area (Å²) in [7, 11) is 0. The fraction of sp³-hybridized carbons (Fsp3) is 0.0870. The number of thiazole rings is 1. The minimum absolute atomic E-state index is 0.0259. The van der Waals surface area contributed by atoms with Crippen molar-refractivity contribution in [1.29, 1.82) is 0 Å². The first-order valence-electron chi connectivity index (χ1n) is 9.99. The molecule has 1 unspecified atom stereocenters. The van der Waals surface area contributed by atoms with Crippen LogP contribution in [0.1, 0.15) is 6.92 Å². The molecule has 0 saturated heterocycles. The van der Waals surface area contributed by atoms with Gasteiger partial charge in [-0.15, -0.1) is 11.3 Å². The Labute approximate surface area is 191 Å². The maximum Gasteiger partial charge on any atom is 0.282 e. The SMILES string of the molecule is CC1=NN(c2nc(-c3cccc([N+](=O)[O-])c3)cs2)C(=O)C1N=Nc1cccc2ccccc12. The largest absolute Gasteiger partial charge is 0.282 e. The first kappa shape index (κ1) is 20.6. The molecular weight excluding hydrogens is 440 g/mol. The molecule has 162 valence electrons. The van der Waals surface area contributed by atoms with Crippen LogP contribution in [0.2, 0.25) is 0 Å². The molecule has 0 N–H and O–H groups in total. The van der Waals surface area contributed by atoms with E-state index in [2.05, 4.69) is 20.3 Å². The van der Waals surface area contributed by atoms with E-state index >= 15 is 0 Å². The van der Waals surface area contributed by atoms with Crippen LogP contribution >= 0.6 is 11.3 Å². The van der Waals surface area contributed by atoms with Crippen LogP contribution in [0.15, 0.2) is 87.4 Å². The summed E-state index contributed by atoms with van der Waals surface area (Å²) < 4.78 is 0. The van der Waals surface area contributed by atoms with E-state index in [-0.39, 0.29) is 11.6 Å². The predicted octanol–water partition coefficient (Wildman–Crippen LogP) is 5.75. The third kappa shape index (κ3) is 3.87. The number of nitro benzene ring substituents is 1. The monoisotopic (exact) mass is 456 g/mol. The van der Waals surface area contributed by atoms with Crippen molar-refractivity contribution in [2.45, 2.75) is 13.0 Å². The molecule has 33 heavy (non-hydrogen) atoms. The lowest BCUT2D eigenvalue weighted by atomic mass is 10.1. The van der Waals surface area contributed by atoms with Crippen LogP contribution in [0, 0.1) is 10.1 Å². The van der Waals surface area contributed by atoms with Gasteiger partial charge in [-0.25, -0.2) is 4.98 Å². The number of hydrogen-bond acceptors (Lipinski definition) is 8. The van der Waals surface area contributed by atoms with Gasteiger partial charge in [0.15, 0.2) is 6.04 Å². The molecule has 5 rings (SSSR count). The number of amides is 1. The average molecular weight is 456 g/mol. The van der Waals surface area contributed by atoms with Gasteiger partial charge in [0.1, 0.15) is 0 Å². The minimum Gasteiger partial charge on any atom is -0.269 e. The Bertz CT molecular complexity index is 1460. The third-order valence-corrected chi connectivity index (χ3v) is 5.99. The molecule has 1 atom stereocenters. The zero-order valence-electron chi connectivity index (χ0n) is 17.3. The smallest absolute Gasteiger partial charge is 0.269 e. The lowest BCUT2D eigenvalue weighted by molar-refractivity contribution is -0.384. The number of nitro groups is 1. The number of non-ortho nitro benzene ring substituents is 1. The van der Waals surface area contributed by atoms with Gasteiger partial charge in [-0.3, -0.25) is 14.9 Å². The van der Waals surface area contributed by atoms with Crippen LogP contribution in [0.3, 0.4) is 0 Å². The number of carbonyl (C=O) groups is 1. The van der Waals surface area contributed by atoms with Crippen molar-refractivity contribution in [3.8, 4) is 11.3 Å². The molecule has 0 saturated carbocycles. The van der Waals surface area contributed by atoms with E-state index in [1.165, 1.54) is 28.5 Å². The van der Waals surface area contributed by atoms with Gasteiger partial charge in [-0.2, -0.15) is 20.3 Å². The topological polar surface area (TPSA) is 113 Å². The minimum atomic E-state index is -0.839. The molecular formula is C23H16N6O3S. The molecule has 0 fully saturated rings. The number of rotatable bonds is 5. The Hall–Kier alpha value is -4.31. The number of aromatic nitrogens is 1. The molecule has 0 spiro atoms. The number of nitrogens with zero attached hydrogens (tertiary/aromatic N) is 6. The number of azo groups is 1. The molecule has 4 aromatic rings. The normalized spacial score (nSPS) is 16.0. The maximum atomic E-state index is 13.0. The summed E-state index contributed by atoms with van der Waals surface area (Å²) in [4.78, 5) is 28.1. The van der Waals surface area contributed by atoms with Gasteiger partial charge in [0.2, 0.25) is 5.13 Å². The van der Waals surface area contributed by atoms with Crippen LogP contribution in [0.25, 0.3) is 22.0 Å². The van der Waals surface area contributed by atoms with Crippen LogP contribution in [0.4, 0.5) is 16.5 Å². The predicted molar refractivity (Wildman–Crippen MR) is 127 cm³/mol. The van der Waals surface area contributed by atoms with Crippen molar-refractivity contribution < 1.29 is 9.72 Å². The zero-order chi connectivity index (χ0) is 22.9. The maximum absolute atomic E-state index is 13.0. The summed E-state index contributed by atoms with van der Waals surface area (Å²) >= 11 is 1.22. The molecule has 9 nitrogen and oxygen atoms in total. The number of hydrazone groups is 1. The molecule has 1 aliphatic rings. The van der Waals surface area contributed by atoms with E-state index in [4.69, 9.17) is 0 Å². The van der Waals surface area contributed by atoms with E-state index in [9.17, 15) is 14.9 Å². The lowest BCUT2D eigenvalue weighted by Gasteiger charge is -2.08. The highest BCUT2D eigenvalue weighted by Crippen LogP contribution is 2.32. The summed E-state index contributed by atoms with van der Waals surface area (Å²) in [6.07, 6.45) is 0. The molecule has 3 aromatic carbocycles. The number of anilines is 1. The molecule has 0 aliphatic carbocycles. The highest BCUT2D eigenvalue weighted by atomic mass is 32.1. The summed E-state index contributed by atoms with van der Waals surface area (Å²) in [6, 6.07) is 18.9. The fourth-order valence-electron chi connectivity index (χ4n) is 3.51. The second kappa shape index (κ2) is 8.32. The van der Waals surface area contributed by atoms with Crippen LogP contribution in [0.5, 0.6) is 0 Å². The van der Waals surface area contributed by atoms with Crippen molar-refractivity contribution in [2.75, 3.05) is 5.01 Å². The Morgan fingerprint density at radius 2 is 1.88 bits per heavy atom. The number of fused-ring (bicyclic) bond motifs is 1. The first-order chi connectivity index (χ1) is 16.0. The number of benzene rings is 3. The molecule has 2 heterocycles. The van der Waals surface area contributed by atoms with Crippen LogP contribution in [-0.4, -0.2) is 27.6 Å². The van der Waals surface area contributed by atoms with E-state index in [1.54, 1.807) is 24.4 Å². The summed E-state index contributed by atoms with van der Waals surface area (Å²) in [6.45, 7) is 1.72. The molecule has 1 aliphatic heterocycles. The highest BCUT2D eigenvalue weighted by Gasteiger charge is 2.36. The summed E-state index contributed by atoms with van der Waals surface area (Å²) in [5, 5.41) is 29.3. The van der Waals surface area contributed by atoms with Crippen molar-refractivity contribution in [2.24, 2.45) is 15.3 Å². The van der Waals surface area contributed by atoms with Crippen molar-refractivity contribution in [3.05, 3.63) is 82.2 Å². The third-order valence-electron chi connectivity index (χ3n) is 5.17. The van der Waals surface area contributed by atoms with Crippen LogP contribution < -0.4 is 5.01 Å². The van der Waals surface area contributed by atoms with Crippen molar-refractivity contribution >= 4 is 50.2 Å². The summed E-state index contributed by atoms with van der Waals surface area (Å²) in [5.41, 5.74) is 2.28. The Balaban J connectivity index is 1.39. The first-order valence-corrected chi connectivity index (χ1v) is 10.9. The molecule has 0 radical (unpaired) electrons. The van der Waals surface area contributed by atoms with Gasteiger partial charge in [0.25, 0.3) is 11.6 Å². The molecule has 0 bridgehead atoms. The van der Waals surface area contributed by atoms with E-state index in [0.29, 0.717) is 27.8 Å². The fourth-order valence-corrected chi connectivity index (χ4v) is 4.30. The standard InChI is InChI=1S/C23H16N6O3S/c1-14-21(26-25-19-11-5-7-15-6-2-3-10-18(15)19)22(30)28(27-14)23-24-20(13-33-23)16-8-4-9-17(12-16)29(31)32/h2-13,21H,1H3. The molecule has 10 heteroatoms. The Morgan fingerprint density at radius 3 is 2.73 bits per heavy atom. The molecule has 1 aromatic heterocycles. The molecule has 1 amide bonds. The van der Waals surface area contributed by atoms with Gasteiger partial charge in [-0.05, 0) is 18.4 Å². The van der Waals surface area contributed by atoms with Crippen molar-refractivity contribution in [3.63, 3.8) is 0 Å². The van der Waals surface area contributed by atoms with Gasteiger partial charge in [-0.1, -0.05) is 48.5 Å². The van der Waals surface area contributed by atoms with Gasteiger partial charge >= 0.3 is 0 Å². The quantitative estimate of drug-likeness (QED) is 0.216. The van der Waals surface area contributed by atoms with Gasteiger partial charge in [0.05, 0.1) is 22.0 Å². The van der Waals surface area contributed by atoms with Gasteiger partial charge < -0.3 is 0 Å². The highest BCUT2D eigenvalue weighted by molar-refractivity contribution is 7.14.